The monoisotopic (exact) mass is 306 g/mol. The summed E-state index contributed by atoms with van der Waals surface area (Å²) in [5, 5.41) is 2.70. The van der Waals surface area contributed by atoms with Gasteiger partial charge in [0.1, 0.15) is 6.04 Å². The third-order valence-electron chi connectivity index (χ3n) is 3.58. The molecule has 0 aliphatic rings. The highest BCUT2D eigenvalue weighted by Crippen LogP contribution is 2.17. The van der Waals surface area contributed by atoms with Crippen molar-refractivity contribution < 1.29 is 14.3 Å². The number of carbonyl (C=O) groups excluding carboxylic acids is 2. The summed E-state index contributed by atoms with van der Waals surface area (Å²) in [4.78, 5) is 23.8. The Hall–Kier alpha value is -1.88. The summed E-state index contributed by atoms with van der Waals surface area (Å²) < 4.78 is 5.26. The highest BCUT2D eigenvalue weighted by atomic mass is 16.5. The normalized spacial score (nSPS) is 13.4. The minimum Gasteiger partial charge on any atom is -0.368 e. The van der Waals surface area contributed by atoms with E-state index in [1.807, 2.05) is 30.3 Å². The first-order valence-corrected chi connectivity index (χ1v) is 7.77. The maximum Gasteiger partial charge on any atom is 0.254 e. The zero-order chi connectivity index (χ0) is 16.4. The van der Waals surface area contributed by atoms with Gasteiger partial charge in [-0.15, -0.1) is 0 Å². The molecule has 0 unspecified atom stereocenters. The van der Waals surface area contributed by atoms with Crippen molar-refractivity contribution in [2.75, 3.05) is 7.11 Å². The first-order valence-electron chi connectivity index (χ1n) is 7.77. The molecule has 3 N–H and O–H groups in total. The number of carbonyl (C=O) groups is 2. The maximum absolute atomic E-state index is 12.3. The molecule has 0 aliphatic carbocycles. The van der Waals surface area contributed by atoms with E-state index in [0.29, 0.717) is 6.42 Å². The van der Waals surface area contributed by atoms with Gasteiger partial charge in [-0.25, -0.2) is 0 Å². The Kier molecular flexibility index (Phi) is 8.22. The molecule has 0 heterocycles. The number of unbranched alkanes of at least 4 members (excludes halogenated alkanes) is 3. The van der Waals surface area contributed by atoms with E-state index in [0.717, 1.165) is 31.2 Å². The fraction of sp³-hybridized carbons (Fsp3) is 0.529. The van der Waals surface area contributed by atoms with Crippen molar-refractivity contribution in [2.45, 2.75) is 51.2 Å². The molecule has 0 saturated carbocycles. The molecule has 1 aromatic rings. The van der Waals surface area contributed by atoms with Gasteiger partial charge in [-0.2, -0.15) is 0 Å². The van der Waals surface area contributed by atoms with E-state index in [9.17, 15) is 9.59 Å². The maximum atomic E-state index is 12.3. The number of benzene rings is 1. The Balaban J connectivity index is 2.63. The first-order chi connectivity index (χ1) is 10.6. The van der Waals surface area contributed by atoms with Crippen LogP contribution in [0.2, 0.25) is 0 Å². The van der Waals surface area contributed by atoms with E-state index >= 15 is 0 Å². The number of rotatable bonds is 10. The molecule has 5 nitrogen and oxygen atoms in total. The average molecular weight is 306 g/mol. The Bertz CT molecular complexity index is 462. The molecule has 0 bridgehead atoms. The fourth-order valence-electron chi connectivity index (χ4n) is 2.33. The van der Waals surface area contributed by atoms with Crippen molar-refractivity contribution in [3.05, 3.63) is 35.9 Å². The standard InChI is InChI=1S/C17H26N2O3/c1-3-4-5-9-12-14(16(18)20)19-17(21)15(22-2)13-10-7-6-8-11-13/h6-8,10-11,14-15H,3-5,9,12H2,1-2H3,(H2,18,20)(H,19,21)/t14-,15+/m1/s1. The SMILES string of the molecule is CCCCCC[C@@H](NC(=O)[C@@H](OC)c1ccccc1)C(N)=O. The predicted molar refractivity (Wildman–Crippen MR) is 86.1 cm³/mol. The summed E-state index contributed by atoms with van der Waals surface area (Å²) in [5.41, 5.74) is 6.13. The zero-order valence-corrected chi connectivity index (χ0v) is 13.4. The Morgan fingerprint density at radius 2 is 1.86 bits per heavy atom. The van der Waals surface area contributed by atoms with Crippen LogP contribution < -0.4 is 11.1 Å². The second-order valence-electron chi connectivity index (χ2n) is 5.34. The number of amides is 2. The van der Waals surface area contributed by atoms with Gasteiger partial charge >= 0.3 is 0 Å². The van der Waals surface area contributed by atoms with Crippen molar-refractivity contribution in [1.29, 1.82) is 0 Å². The highest BCUT2D eigenvalue weighted by Gasteiger charge is 2.24. The van der Waals surface area contributed by atoms with Crippen LogP contribution in [0.5, 0.6) is 0 Å². The number of ether oxygens (including phenoxy) is 1. The van der Waals surface area contributed by atoms with Crippen LogP contribution >= 0.6 is 0 Å². The van der Waals surface area contributed by atoms with Gasteiger partial charge < -0.3 is 15.8 Å². The van der Waals surface area contributed by atoms with Gasteiger partial charge in [0.2, 0.25) is 5.91 Å². The topological polar surface area (TPSA) is 81.4 Å². The lowest BCUT2D eigenvalue weighted by Gasteiger charge is -2.20. The highest BCUT2D eigenvalue weighted by molar-refractivity contribution is 5.89. The van der Waals surface area contributed by atoms with Crippen molar-refractivity contribution in [3.63, 3.8) is 0 Å². The molecular weight excluding hydrogens is 280 g/mol. The fourth-order valence-corrected chi connectivity index (χ4v) is 2.33. The summed E-state index contributed by atoms with van der Waals surface area (Å²) >= 11 is 0. The minimum atomic E-state index is -0.737. The van der Waals surface area contributed by atoms with Crippen LogP contribution in [0.3, 0.4) is 0 Å². The molecule has 22 heavy (non-hydrogen) atoms. The van der Waals surface area contributed by atoms with Gasteiger partial charge in [-0.3, -0.25) is 9.59 Å². The van der Waals surface area contributed by atoms with E-state index in [1.54, 1.807) is 0 Å². The molecular formula is C17H26N2O3. The molecule has 1 aromatic carbocycles. The predicted octanol–water partition coefficient (Wildman–Crippen LogP) is 2.31. The number of methoxy groups -OCH3 is 1. The van der Waals surface area contributed by atoms with Gasteiger partial charge in [0.25, 0.3) is 5.91 Å². The molecule has 0 spiro atoms. The van der Waals surface area contributed by atoms with Gasteiger partial charge in [0.05, 0.1) is 0 Å². The van der Waals surface area contributed by atoms with Crippen molar-refractivity contribution in [1.82, 2.24) is 5.32 Å². The lowest BCUT2D eigenvalue weighted by Crippen LogP contribution is -2.46. The van der Waals surface area contributed by atoms with Gasteiger partial charge in [0.15, 0.2) is 6.10 Å². The molecule has 122 valence electrons. The molecule has 1 rings (SSSR count). The second-order valence-corrected chi connectivity index (χ2v) is 5.34. The minimum absolute atomic E-state index is 0.340. The third kappa shape index (κ3) is 5.85. The van der Waals surface area contributed by atoms with Crippen LogP contribution in [-0.4, -0.2) is 25.0 Å². The number of primary amides is 1. The van der Waals surface area contributed by atoms with Crippen molar-refractivity contribution in [3.8, 4) is 0 Å². The quantitative estimate of drug-likeness (QED) is 0.651. The summed E-state index contributed by atoms with van der Waals surface area (Å²) in [6, 6.07) is 8.53. The van der Waals surface area contributed by atoms with E-state index in [2.05, 4.69) is 12.2 Å². The summed E-state index contributed by atoms with van der Waals surface area (Å²) in [6.07, 6.45) is 3.95. The van der Waals surface area contributed by atoms with E-state index < -0.39 is 18.1 Å². The molecule has 0 aliphatic heterocycles. The van der Waals surface area contributed by atoms with Crippen LogP contribution in [0.15, 0.2) is 30.3 Å². The van der Waals surface area contributed by atoms with Crippen molar-refractivity contribution in [2.24, 2.45) is 5.73 Å². The van der Waals surface area contributed by atoms with Crippen LogP contribution in [0.4, 0.5) is 0 Å². The van der Waals surface area contributed by atoms with Gasteiger partial charge in [-0.05, 0) is 12.0 Å². The molecule has 2 amide bonds. The van der Waals surface area contributed by atoms with Crippen LogP contribution in [-0.2, 0) is 14.3 Å². The smallest absolute Gasteiger partial charge is 0.254 e. The number of nitrogens with two attached hydrogens (primary N) is 1. The molecule has 5 heteroatoms. The first kappa shape index (κ1) is 18.2. The van der Waals surface area contributed by atoms with Crippen molar-refractivity contribution >= 4 is 11.8 Å². The lowest BCUT2D eigenvalue weighted by atomic mass is 10.0. The molecule has 0 radical (unpaired) electrons. The summed E-state index contributed by atoms with van der Waals surface area (Å²) in [6.45, 7) is 2.12. The van der Waals surface area contributed by atoms with Gasteiger partial charge in [-0.1, -0.05) is 62.9 Å². The number of hydrogen-bond donors (Lipinski definition) is 2. The molecule has 0 saturated heterocycles. The average Bonchev–Trinajstić information content (AvgIpc) is 2.52. The summed E-state index contributed by atoms with van der Waals surface area (Å²) in [7, 11) is 1.47. The number of nitrogens with one attached hydrogen (secondary N) is 1. The Morgan fingerprint density at radius 3 is 2.41 bits per heavy atom. The zero-order valence-electron chi connectivity index (χ0n) is 13.4. The van der Waals surface area contributed by atoms with E-state index in [-0.39, 0.29) is 5.91 Å². The van der Waals surface area contributed by atoms with Crippen LogP contribution in [0.1, 0.15) is 50.7 Å². The Labute approximate surface area is 132 Å². The largest absolute Gasteiger partial charge is 0.368 e. The summed E-state index contributed by atoms with van der Waals surface area (Å²) in [5.74, 6) is -0.847. The van der Waals surface area contributed by atoms with E-state index in [4.69, 9.17) is 10.5 Å². The molecule has 2 atom stereocenters. The van der Waals surface area contributed by atoms with Crippen LogP contribution in [0, 0.1) is 0 Å². The second kappa shape index (κ2) is 9.95. The number of hydrogen-bond acceptors (Lipinski definition) is 3. The molecule has 0 fully saturated rings. The third-order valence-corrected chi connectivity index (χ3v) is 3.58. The lowest BCUT2D eigenvalue weighted by molar-refractivity contribution is -0.135. The molecule has 0 aromatic heterocycles. The Morgan fingerprint density at radius 1 is 1.18 bits per heavy atom. The van der Waals surface area contributed by atoms with Gasteiger partial charge in [0, 0.05) is 7.11 Å². The van der Waals surface area contributed by atoms with E-state index in [1.165, 1.54) is 7.11 Å². The van der Waals surface area contributed by atoms with Crippen LogP contribution in [0.25, 0.3) is 0 Å².